The quantitative estimate of drug-likeness (QED) is 0.709. The molecule has 3 heterocycles. The molecular weight excluding hydrogens is 332 g/mol. The molecule has 1 saturated carbocycles. The van der Waals surface area contributed by atoms with Gasteiger partial charge in [-0.15, -0.1) is 0 Å². The highest BCUT2D eigenvalue weighted by molar-refractivity contribution is 5.94. The molecule has 7 nitrogen and oxygen atoms in total. The summed E-state index contributed by atoms with van der Waals surface area (Å²) in [5.74, 6) is 2.18. The predicted molar refractivity (Wildman–Crippen MR) is 93.8 cm³/mol. The van der Waals surface area contributed by atoms with Gasteiger partial charge in [-0.1, -0.05) is 5.16 Å². The van der Waals surface area contributed by atoms with Crippen LogP contribution in [0.4, 0.5) is 0 Å². The van der Waals surface area contributed by atoms with Crippen LogP contribution >= 0.6 is 0 Å². The number of rotatable bonds is 7. The third kappa shape index (κ3) is 4.09. The zero-order valence-electron chi connectivity index (χ0n) is 15.1. The molecule has 2 aromatic heterocycles. The van der Waals surface area contributed by atoms with E-state index in [2.05, 4.69) is 15.1 Å². The van der Waals surface area contributed by atoms with E-state index in [9.17, 15) is 4.79 Å². The van der Waals surface area contributed by atoms with Gasteiger partial charge in [0.1, 0.15) is 0 Å². The van der Waals surface area contributed by atoms with Gasteiger partial charge in [0.25, 0.3) is 5.91 Å². The number of nitrogens with zero attached hydrogens (tertiary/aromatic N) is 4. The molecule has 2 aliphatic rings. The van der Waals surface area contributed by atoms with Crippen LogP contribution in [0.15, 0.2) is 22.9 Å². The summed E-state index contributed by atoms with van der Waals surface area (Å²) in [6.07, 6.45) is 5.73. The molecule has 0 N–H and O–H groups in total. The molecule has 1 saturated heterocycles. The molecule has 2 aromatic rings. The smallest absolute Gasteiger partial charge is 0.255 e. The van der Waals surface area contributed by atoms with Gasteiger partial charge in [-0.3, -0.25) is 9.78 Å². The second kappa shape index (κ2) is 7.53. The second-order valence-corrected chi connectivity index (χ2v) is 7.24. The summed E-state index contributed by atoms with van der Waals surface area (Å²) in [6.45, 7) is 4.68. The van der Waals surface area contributed by atoms with Crippen molar-refractivity contribution in [2.75, 3.05) is 26.3 Å². The van der Waals surface area contributed by atoms with Crippen LogP contribution in [-0.2, 0) is 11.2 Å². The van der Waals surface area contributed by atoms with E-state index in [1.54, 1.807) is 6.20 Å². The van der Waals surface area contributed by atoms with Crippen LogP contribution < -0.4 is 0 Å². The van der Waals surface area contributed by atoms with Gasteiger partial charge >= 0.3 is 0 Å². The Labute approximate surface area is 152 Å². The van der Waals surface area contributed by atoms with E-state index >= 15 is 0 Å². The van der Waals surface area contributed by atoms with Crippen LogP contribution in [-0.4, -0.2) is 52.2 Å². The number of aryl methyl sites for hydroxylation is 1. The van der Waals surface area contributed by atoms with E-state index in [0.717, 1.165) is 24.6 Å². The second-order valence-electron chi connectivity index (χ2n) is 7.24. The molecule has 1 aliphatic carbocycles. The van der Waals surface area contributed by atoms with E-state index in [4.69, 9.17) is 9.26 Å². The Hall–Kier alpha value is -2.28. The van der Waals surface area contributed by atoms with Crippen LogP contribution in [0.2, 0.25) is 0 Å². The van der Waals surface area contributed by atoms with Crippen LogP contribution in [0, 0.1) is 12.8 Å². The fourth-order valence-electron chi connectivity index (χ4n) is 3.16. The van der Waals surface area contributed by atoms with Gasteiger partial charge in [0.05, 0.1) is 18.1 Å². The molecule has 1 amide bonds. The molecule has 26 heavy (non-hydrogen) atoms. The van der Waals surface area contributed by atoms with Gasteiger partial charge < -0.3 is 14.2 Å². The molecule has 2 fully saturated rings. The predicted octanol–water partition coefficient (Wildman–Crippen LogP) is 2.37. The van der Waals surface area contributed by atoms with Crippen molar-refractivity contribution in [3.05, 3.63) is 41.3 Å². The van der Waals surface area contributed by atoms with Gasteiger partial charge in [0.15, 0.2) is 5.82 Å². The van der Waals surface area contributed by atoms with Crippen LogP contribution in [0.1, 0.15) is 52.9 Å². The maximum atomic E-state index is 12.6. The normalized spacial score (nSPS) is 19.9. The summed E-state index contributed by atoms with van der Waals surface area (Å²) in [6, 6.07) is 3.68. The molecule has 1 atom stereocenters. The maximum absolute atomic E-state index is 12.6. The number of carbonyl (C=O) groups is 1. The van der Waals surface area contributed by atoms with Crippen molar-refractivity contribution in [3.8, 4) is 0 Å². The van der Waals surface area contributed by atoms with Gasteiger partial charge in [-0.2, -0.15) is 4.98 Å². The van der Waals surface area contributed by atoms with Gasteiger partial charge in [0, 0.05) is 38.0 Å². The molecule has 0 bridgehead atoms. The molecular formula is C19H24N4O3. The largest absolute Gasteiger partial charge is 0.381 e. The number of likely N-dealkylation sites (tertiary alicyclic amines) is 1. The number of amides is 1. The Balaban J connectivity index is 1.29. The topological polar surface area (TPSA) is 81.4 Å². The number of pyridine rings is 1. The maximum Gasteiger partial charge on any atom is 0.255 e. The minimum Gasteiger partial charge on any atom is -0.381 e. The highest BCUT2D eigenvalue weighted by Crippen LogP contribution is 2.29. The molecule has 0 radical (unpaired) electrons. The molecule has 1 aliphatic heterocycles. The van der Waals surface area contributed by atoms with Crippen molar-refractivity contribution < 1.29 is 14.1 Å². The minimum atomic E-state index is 0.00761. The lowest BCUT2D eigenvalue weighted by molar-refractivity contribution is 0.0789. The zero-order chi connectivity index (χ0) is 17.9. The number of hydrogen-bond acceptors (Lipinski definition) is 6. The first kappa shape index (κ1) is 17.1. The molecule has 138 valence electrons. The summed E-state index contributed by atoms with van der Waals surface area (Å²) in [7, 11) is 0. The van der Waals surface area contributed by atoms with Crippen molar-refractivity contribution in [1.29, 1.82) is 0 Å². The van der Waals surface area contributed by atoms with E-state index in [1.165, 1.54) is 12.8 Å². The Kier molecular flexibility index (Phi) is 4.97. The van der Waals surface area contributed by atoms with Gasteiger partial charge in [-0.05, 0) is 44.2 Å². The van der Waals surface area contributed by atoms with Gasteiger partial charge in [-0.25, -0.2) is 0 Å². The molecule has 0 spiro atoms. The summed E-state index contributed by atoms with van der Waals surface area (Å²) in [4.78, 5) is 23.1. The number of carbonyl (C=O) groups excluding carboxylic acids is 1. The number of ether oxygens (including phenoxy) is 1. The zero-order valence-corrected chi connectivity index (χ0v) is 15.1. The third-order valence-electron chi connectivity index (χ3n) is 4.99. The first-order chi connectivity index (χ1) is 12.7. The van der Waals surface area contributed by atoms with Crippen molar-refractivity contribution in [1.82, 2.24) is 20.0 Å². The average Bonchev–Trinajstić information content (AvgIpc) is 3.15. The molecule has 7 heteroatoms. The SMILES string of the molecule is Cc1ccc(C(=O)N2CCC(c3nc(CCOCC4CC4)no3)C2)cn1. The van der Waals surface area contributed by atoms with Crippen LogP contribution in [0.3, 0.4) is 0 Å². The fourth-order valence-corrected chi connectivity index (χ4v) is 3.16. The minimum absolute atomic E-state index is 0.00761. The Morgan fingerprint density at radius 3 is 3.00 bits per heavy atom. The highest BCUT2D eigenvalue weighted by atomic mass is 16.5. The summed E-state index contributed by atoms with van der Waals surface area (Å²) in [5.41, 5.74) is 1.52. The van der Waals surface area contributed by atoms with E-state index in [1.807, 2.05) is 24.0 Å². The van der Waals surface area contributed by atoms with E-state index in [-0.39, 0.29) is 11.8 Å². The monoisotopic (exact) mass is 356 g/mol. The highest BCUT2D eigenvalue weighted by Gasteiger charge is 2.31. The lowest BCUT2D eigenvalue weighted by Crippen LogP contribution is -2.28. The molecule has 1 unspecified atom stereocenters. The van der Waals surface area contributed by atoms with E-state index in [0.29, 0.717) is 43.4 Å². The third-order valence-corrected chi connectivity index (χ3v) is 4.99. The Morgan fingerprint density at radius 2 is 2.23 bits per heavy atom. The lowest BCUT2D eigenvalue weighted by Gasteiger charge is -2.15. The Morgan fingerprint density at radius 1 is 1.35 bits per heavy atom. The van der Waals surface area contributed by atoms with Crippen molar-refractivity contribution in [2.45, 2.75) is 38.5 Å². The Bertz CT molecular complexity index is 754. The molecule has 4 rings (SSSR count). The van der Waals surface area contributed by atoms with Crippen molar-refractivity contribution in [2.24, 2.45) is 5.92 Å². The van der Waals surface area contributed by atoms with Crippen LogP contribution in [0.5, 0.6) is 0 Å². The standard InChI is InChI=1S/C19H24N4O3/c1-13-2-5-15(10-20-13)19(24)23-8-6-16(11-23)18-21-17(22-26-18)7-9-25-12-14-3-4-14/h2,5,10,14,16H,3-4,6-9,11-12H2,1H3. The first-order valence-corrected chi connectivity index (χ1v) is 9.31. The average molecular weight is 356 g/mol. The van der Waals surface area contributed by atoms with Gasteiger partial charge in [0.2, 0.25) is 5.89 Å². The van der Waals surface area contributed by atoms with Crippen LogP contribution in [0.25, 0.3) is 0 Å². The number of aromatic nitrogens is 3. The summed E-state index contributed by atoms with van der Waals surface area (Å²) >= 11 is 0. The fraction of sp³-hybridized carbons (Fsp3) is 0.579. The summed E-state index contributed by atoms with van der Waals surface area (Å²) in [5, 5.41) is 4.05. The molecule has 0 aromatic carbocycles. The van der Waals surface area contributed by atoms with E-state index < -0.39 is 0 Å². The summed E-state index contributed by atoms with van der Waals surface area (Å²) < 4.78 is 11.0. The van der Waals surface area contributed by atoms with Crippen molar-refractivity contribution >= 4 is 5.91 Å². The number of hydrogen-bond donors (Lipinski definition) is 0. The lowest BCUT2D eigenvalue weighted by atomic mass is 10.1. The van der Waals surface area contributed by atoms with Crippen molar-refractivity contribution in [3.63, 3.8) is 0 Å². The first-order valence-electron chi connectivity index (χ1n) is 9.31.